The van der Waals surface area contributed by atoms with Gasteiger partial charge >= 0.3 is 12.4 Å². The van der Waals surface area contributed by atoms with Crippen LogP contribution in [0.5, 0.6) is 0 Å². The molecule has 1 aliphatic heterocycles. The Balaban J connectivity index is 1.12. The van der Waals surface area contributed by atoms with Crippen molar-refractivity contribution in [2.45, 2.75) is 63.8 Å². The maximum Gasteiger partial charge on any atom is 0.416 e. The number of rotatable bonds is 12. The summed E-state index contributed by atoms with van der Waals surface area (Å²) < 4.78 is 79.2. The Bertz CT molecular complexity index is 2140. The monoisotopic (exact) mass is 772 g/mol. The van der Waals surface area contributed by atoms with E-state index in [1.165, 1.54) is 12.1 Å². The Labute approximate surface area is 322 Å². The summed E-state index contributed by atoms with van der Waals surface area (Å²) in [5, 5.41) is 5.10. The van der Waals surface area contributed by atoms with Crippen LogP contribution in [-0.2, 0) is 16.4 Å². The third kappa shape index (κ3) is 8.44. The molecule has 2 aliphatic rings. The lowest BCUT2D eigenvalue weighted by atomic mass is 9.73. The zero-order chi connectivity index (χ0) is 40.3. The molecule has 1 heterocycles. The van der Waals surface area contributed by atoms with Gasteiger partial charge in [0, 0.05) is 24.4 Å². The predicted octanol–water partition coefficient (Wildman–Crippen LogP) is 9.87. The first-order valence-electron chi connectivity index (χ1n) is 18.4. The van der Waals surface area contributed by atoms with E-state index in [4.69, 9.17) is 4.99 Å². The molecule has 56 heavy (non-hydrogen) atoms. The second-order valence-electron chi connectivity index (χ2n) is 14.2. The molecule has 292 valence electrons. The number of allylic oxidation sites excluding steroid dienone is 2. The van der Waals surface area contributed by atoms with Gasteiger partial charge in [-0.05, 0) is 97.7 Å². The van der Waals surface area contributed by atoms with Crippen LogP contribution in [0.15, 0.2) is 125 Å². The van der Waals surface area contributed by atoms with E-state index in [0.717, 1.165) is 40.4 Å². The number of benzene rings is 4. The number of nitrogens with zero attached hydrogens (tertiary/aromatic N) is 2. The van der Waals surface area contributed by atoms with Crippen molar-refractivity contribution in [2.75, 3.05) is 19.6 Å². The van der Waals surface area contributed by atoms with Crippen LogP contribution in [0.25, 0.3) is 22.3 Å². The Kier molecular flexibility index (Phi) is 11.6. The lowest BCUT2D eigenvalue weighted by Crippen LogP contribution is -2.47. The molecule has 0 saturated carbocycles. The number of halogens is 6. The minimum atomic E-state index is -4.55. The topological polar surface area (TPSA) is 73.8 Å². The molecule has 0 saturated heterocycles. The molecule has 6 rings (SSSR count). The van der Waals surface area contributed by atoms with E-state index < -0.39 is 35.8 Å². The number of hydrogen-bond donors (Lipinski definition) is 2. The fraction of sp³-hybridized carbons (Fsp3) is 0.295. The van der Waals surface area contributed by atoms with Gasteiger partial charge in [-0.2, -0.15) is 26.3 Å². The summed E-state index contributed by atoms with van der Waals surface area (Å²) in [6, 6.07) is 26.1. The molecule has 1 aliphatic carbocycles. The molecule has 0 aromatic heterocycles. The number of fused-ring (bicyclic) bond motifs is 3. The number of unbranched alkanes of at least 4 members (excludes halogenated alkanes) is 1. The van der Waals surface area contributed by atoms with Crippen molar-refractivity contribution in [2.24, 2.45) is 4.99 Å². The molecule has 2 N–H and O–H groups in total. The lowest BCUT2D eigenvalue weighted by Gasteiger charge is -2.31. The third-order valence-electron chi connectivity index (χ3n) is 10.4. The van der Waals surface area contributed by atoms with Crippen molar-refractivity contribution in [1.29, 1.82) is 0 Å². The second-order valence-corrected chi connectivity index (χ2v) is 14.2. The minimum Gasteiger partial charge on any atom is -0.348 e. The highest BCUT2D eigenvalue weighted by atomic mass is 19.4. The molecule has 2 amide bonds. The van der Waals surface area contributed by atoms with Crippen molar-refractivity contribution in [3.63, 3.8) is 0 Å². The van der Waals surface area contributed by atoms with Crippen LogP contribution in [0.3, 0.4) is 0 Å². The van der Waals surface area contributed by atoms with Crippen molar-refractivity contribution in [3.8, 4) is 22.3 Å². The normalized spacial score (nSPS) is 17.1. The molecule has 0 spiro atoms. The number of carbonyl (C=O) groups is 2. The first-order valence-corrected chi connectivity index (χ1v) is 18.4. The van der Waals surface area contributed by atoms with Gasteiger partial charge in [-0.1, -0.05) is 90.5 Å². The molecular formula is C44H42F6N4O2. The Morgan fingerprint density at radius 1 is 0.804 bits per heavy atom. The highest BCUT2D eigenvalue weighted by Crippen LogP contribution is 2.51. The van der Waals surface area contributed by atoms with E-state index in [-0.39, 0.29) is 18.5 Å². The van der Waals surface area contributed by atoms with Gasteiger partial charge in [-0.15, -0.1) is 0 Å². The van der Waals surface area contributed by atoms with E-state index in [1.54, 1.807) is 24.3 Å². The summed E-state index contributed by atoms with van der Waals surface area (Å²) in [5.74, 6) is -0.221. The molecule has 1 atom stereocenters. The number of alkyl halides is 6. The van der Waals surface area contributed by atoms with Gasteiger partial charge in [0.2, 0.25) is 5.91 Å². The zero-order valence-corrected chi connectivity index (χ0v) is 31.2. The number of amidine groups is 1. The summed E-state index contributed by atoms with van der Waals surface area (Å²) in [5.41, 5.74) is 4.16. The van der Waals surface area contributed by atoms with Crippen molar-refractivity contribution in [1.82, 2.24) is 15.5 Å². The van der Waals surface area contributed by atoms with Crippen LogP contribution >= 0.6 is 0 Å². The van der Waals surface area contributed by atoms with Gasteiger partial charge < -0.3 is 15.5 Å². The van der Waals surface area contributed by atoms with Gasteiger partial charge in [0.25, 0.3) is 5.91 Å². The molecule has 12 heteroatoms. The Morgan fingerprint density at radius 2 is 1.39 bits per heavy atom. The van der Waals surface area contributed by atoms with Crippen molar-refractivity contribution in [3.05, 3.63) is 143 Å². The molecule has 0 bridgehead atoms. The smallest absolute Gasteiger partial charge is 0.348 e. The van der Waals surface area contributed by atoms with E-state index in [2.05, 4.69) is 15.5 Å². The van der Waals surface area contributed by atoms with Crippen LogP contribution in [0, 0.1) is 0 Å². The lowest BCUT2D eigenvalue weighted by molar-refractivity contribution is -0.141. The van der Waals surface area contributed by atoms with E-state index >= 15 is 0 Å². The van der Waals surface area contributed by atoms with Crippen LogP contribution < -0.4 is 10.6 Å². The highest BCUT2D eigenvalue weighted by Gasteiger charge is 2.49. The fourth-order valence-electron chi connectivity index (χ4n) is 7.67. The highest BCUT2D eigenvalue weighted by molar-refractivity contribution is 6.01. The molecule has 0 radical (unpaired) electrons. The number of hydrogen-bond acceptors (Lipinski definition) is 4. The van der Waals surface area contributed by atoms with Gasteiger partial charge in [0.05, 0.1) is 11.6 Å². The fourth-order valence-corrected chi connectivity index (χ4v) is 7.67. The molecular weight excluding hydrogens is 730 g/mol. The maximum absolute atomic E-state index is 13.9. The molecule has 1 unspecified atom stereocenters. The predicted molar refractivity (Wildman–Crippen MR) is 206 cm³/mol. The molecule has 0 fully saturated rings. The molecule has 4 aromatic rings. The summed E-state index contributed by atoms with van der Waals surface area (Å²) >= 11 is 0. The number of amides is 2. The Morgan fingerprint density at radius 3 is 2.00 bits per heavy atom. The summed E-state index contributed by atoms with van der Waals surface area (Å²) in [6.45, 7) is 5.14. The largest absolute Gasteiger partial charge is 0.416 e. The number of aliphatic imine (C=N–C) groups is 1. The average molecular weight is 773 g/mol. The average Bonchev–Trinajstić information content (AvgIpc) is 3.62. The maximum atomic E-state index is 13.9. The van der Waals surface area contributed by atoms with Gasteiger partial charge in [-0.3, -0.25) is 14.6 Å². The van der Waals surface area contributed by atoms with Crippen molar-refractivity contribution >= 4 is 17.6 Å². The first-order chi connectivity index (χ1) is 26.6. The van der Waals surface area contributed by atoms with Crippen LogP contribution in [-0.4, -0.2) is 54.4 Å². The van der Waals surface area contributed by atoms with Gasteiger partial charge in [-0.25, -0.2) is 0 Å². The van der Waals surface area contributed by atoms with Gasteiger partial charge in [0.15, 0.2) is 0 Å². The molecule has 6 nitrogen and oxygen atoms in total. The Hall–Kier alpha value is -5.65. The van der Waals surface area contributed by atoms with Gasteiger partial charge in [0.1, 0.15) is 17.8 Å². The standard InChI is InChI=1S/C44H42F6N4O2/c1-28(26-51-40(55)36-15-5-4-12-33(36)31-19-21-32(22-20-31)44(48,49)50)18-23-39-29(2)53-30(3)54(39)25-11-10-24-42(41(56)52-27-43(45,46)47)37-16-8-6-13-34(37)35-14-7-9-17-38(35)42/h4-9,12-23,29H,10-11,24-27H2,1-3H3,(H,51,55)(H,52,56)/b28-18-,39-23+. The number of carbonyl (C=O) groups excluding carboxylic acids is 2. The van der Waals surface area contributed by atoms with Crippen LogP contribution in [0.1, 0.15) is 67.1 Å². The van der Waals surface area contributed by atoms with E-state index in [1.807, 2.05) is 81.5 Å². The minimum absolute atomic E-state index is 0.141. The quantitative estimate of drug-likeness (QED) is 0.111. The van der Waals surface area contributed by atoms with Crippen molar-refractivity contribution < 1.29 is 35.9 Å². The number of nitrogens with one attached hydrogen (secondary N) is 2. The SMILES string of the molecule is CC1=NC(C)/C(=C\C=C(\C)CNC(=O)c2ccccc2-c2ccc(C(F)(F)F)cc2)N1CCCCC1(C(=O)NCC(F)(F)F)c2ccccc2-c2ccccc21. The van der Waals surface area contributed by atoms with Crippen LogP contribution in [0.4, 0.5) is 26.3 Å². The van der Waals surface area contributed by atoms with E-state index in [0.29, 0.717) is 53.6 Å². The van der Waals surface area contributed by atoms with E-state index in [9.17, 15) is 35.9 Å². The summed E-state index contributed by atoms with van der Waals surface area (Å²) in [4.78, 5) is 34.0. The second kappa shape index (κ2) is 16.2. The molecule has 4 aromatic carbocycles. The van der Waals surface area contributed by atoms with Crippen LogP contribution in [0.2, 0.25) is 0 Å². The zero-order valence-electron chi connectivity index (χ0n) is 31.2. The first kappa shape index (κ1) is 40.0. The third-order valence-corrected chi connectivity index (χ3v) is 10.4. The summed E-state index contributed by atoms with van der Waals surface area (Å²) in [7, 11) is 0. The summed E-state index contributed by atoms with van der Waals surface area (Å²) in [6.07, 6.45) is -3.67.